The molecule has 0 unspecified atom stereocenters. The Labute approximate surface area is 135 Å². The van der Waals surface area contributed by atoms with Gasteiger partial charge in [0.25, 0.3) is 5.69 Å². The molecule has 0 spiro atoms. The maximum atomic E-state index is 11.0. The Morgan fingerprint density at radius 1 is 1.32 bits per heavy atom. The number of thioether (sulfide) groups is 2. The molecule has 1 heterocycles. The number of phenolic OH excluding ortho intramolecular Hbond substituents is 1. The fraction of sp³-hybridized carbons (Fsp3) is 0.133. The van der Waals surface area contributed by atoms with E-state index in [-0.39, 0.29) is 11.4 Å². The molecule has 22 heavy (non-hydrogen) atoms. The Kier molecular flexibility index (Phi) is 4.35. The zero-order valence-corrected chi connectivity index (χ0v) is 13.1. The van der Waals surface area contributed by atoms with E-state index in [1.54, 1.807) is 11.8 Å². The van der Waals surface area contributed by atoms with Crippen LogP contribution in [0.1, 0.15) is 11.1 Å². The molecule has 2 aromatic rings. The minimum Gasteiger partial charge on any atom is -0.508 e. The smallest absolute Gasteiger partial charge is 0.273 e. The number of rotatable bonds is 3. The van der Waals surface area contributed by atoms with E-state index in [4.69, 9.17) is 0 Å². The molecule has 7 heteroatoms. The van der Waals surface area contributed by atoms with E-state index < -0.39 is 4.92 Å². The summed E-state index contributed by atoms with van der Waals surface area (Å²) in [6, 6.07) is 12.0. The van der Waals surface area contributed by atoms with Crippen molar-refractivity contribution in [3.8, 4) is 5.75 Å². The minimum absolute atomic E-state index is 0.0205. The second-order valence-corrected chi connectivity index (χ2v) is 6.84. The van der Waals surface area contributed by atoms with Gasteiger partial charge in [0.2, 0.25) is 0 Å². The summed E-state index contributed by atoms with van der Waals surface area (Å²) in [5.41, 5.74) is 2.67. The third kappa shape index (κ3) is 3.26. The van der Waals surface area contributed by atoms with Crippen LogP contribution in [0, 0.1) is 10.1 Å². The zero-order chi connectivity index (χ0) is 15.5. The summed E-state index contributed by atoms with van der Waals surface area (Å²) in [6.45, 7) is 0. The van der Waals surface area contributed by atoms with Crippen LogP contribution in [0.3, 0.4) is 0 Å². The highest BCUT2D eigenvalue weighted by molar-refractivity contribution is 8.38. The first-order valence-corrected chi connectivity index (χ1v) is 8.49. The predicted molar refractivity (Wildman–Crippen MR) is 90.9 cm³/mol. The largest absolute Gasteiger partial charge is 0.508 e. The molecule has 0 radical (unpaired) electrons. The zero-order valence-electron chi connectivity index (χ0n) is 11.4. The van der Waals surface area contributed by atoms with Gasteiger partial charge < -0.3 is 5.11 Å². The van der Waals surface area contributed by atoms with E-state index in [1.807, 2.05) is 24.3 Å². The Bertz CT molecular complexity index is 762. The Balaban J connectivity index is 1.78. The van der Waals surface area contributed by atoms with Gasteiger partial charge >= 0.3 is 0 Å². The Morgan fingerprint density at radius 2 is 2.14 bits per heavy atom. The average Bonchev–Trinajstić information content (AvgIpc) is 2.52. The highest BCUT2D eigenvalue weighted by Gasteiger charge is 2.17. The molecule has 3 rings (SSSR count). The van der Waals surface area contributed by atoms with Gasteiger partial charge in [-0.1, -0.05) is 41.7 Å². The van der Waals surface area contributed by atoms with Gasteiger partial charge in [-0.15, -0.1) is 0 Å². The molecule has 0 atom stereocenters. The summed E-state index contributed by atoms with van der Waals surface area (Å²) < 4.78 is 0.886. The number of fused-ring (bicyclic) bond motifs is 1. The highest BCUT2D eigenvalue weighted by Crippen LogP contribution is 2.36. The van der Waals surface area contributed by atoms with Gasteiger partial charge in [-0.2, -0.15) is 0 Å². The van der Waals surface area contributed by atoms with Crippen molar-refractivity contribution in [2.24, 2.45) is 4.99 Å². The average molecular weight is 332 g/mol. The molecular formula is C15H12N2O3S2. The molecule has 0 fully saturated rings. The number of para-hydroxylation sites is 1. The number of nitro benzene ring substituents is 1. The fourth-order valence-corrected chi connectivity index (χ4v) is 4.14. The van der Waals surface area contributed by atoms with Gasteiger partial charge in [0, 0.05) is 23.1 Å². The molecule has 1 aliphatic heterocycles. The van der Waals surface area contributed by atoms with Gasteiger partial charge in [0.1, 0.15) is 10.1 Å². The van der Waals surface area contributed by atoms with E-state index in [0.717, 1.165) is 15.8 Å². The molecule has 0 aromatic heterocycles. The van der Waals surface area contributed by atoms with Crippen molar-refractivity contribution in [2.45, 2.75) is 11.5 Å². The lowest BCUT2D eigenvalue weighted by atomic mass is 10.2. The SMILES string of the molecule is O=[N+]([O-])c1ccc(O)cc1CSC1=Nc2ccccc2CS1. The standard InChI is InChI=1S/C15H12N2O3S2/c18-12-5-6-14(17(19)20)11(7-12)9-22-15-16-13-4-2-1-3-10(13)8-21-15/h1-7,18H,8-9H2. The van der Waals surface area contributed by atoms with Crippen molar-refractivity contribution in [1.82, 2.24) is 0 Å². The number of aliphatic imine (C=N–C) groups is 1. The summed E-state index contributed by atoms with van der Waals surface area (Å²) in [4.78, 5) is 15.2. The van der Waals surface area contributed by atoms with Crippen LogP contribution in [-0.4, -0.2) is 14.4 Å². The number of hydrogen-bond donors (Lipinski definition) is 1. The van der Waals surface area contributed by atoms with E-state index >= 15 is 0 Å². The lowest BCUT2D eigenvalue weighted by molar-refractivity contribution is -0.385. The maximum Gasteiger partial charge on any atom is 0.273 e. The summed E-state index contributed by atoms with van der Waals surface area (Å²) in [6.07, 6.45) is 0. The number of nitro groups is 1. The second-order valence-electron chi connectivity index (χ2n) is 4.65. The normalized spacial score (nSPS) is 13.4. The minimum atomic E-state index is -0.430. The molecule has 0 amide bonds. The number of nitrogens with zero attached hydrogens (tertiary/aromatic N) is 2. The number of hydrogen-bond acceptors (Lipinski definition) is 6. The molecule has 0 aliphatic carbocycles. The van der Waals surface area contributed by atoms with Gasteiger partial charge in [-0.25, -0.2) is 4.99 Å². The van der Waals surface area contributed by atoms with Crippen LogP contribution >= 0.6 is 23.5 Å². The summed E-state index contributed by atoms with van der Waals surface area (Å²) in [7, 11) is 0. The molecule has 1 aliphatic rings. The molecule has 0 saturated carbocycles. The van der Waals surface area contributed by atoms with Gasteiger partial charge in [0.05, 0.1) is 10.6 Å². The van der Waals surface area contributed by atoms with Crippen LogP contribution in [0.5, 0.6) is 5.75 Å². The molecule has 5 nitrogen and oxygen atoms in total. The quantitative estimate of drug-likeness (QED) is 0.663. The van der Waals surface area contributed by atoms with Crippen LogP contribution in [0.4, 0.5) is 11.4 Å². The van der Waals surface area contributed by atoms with Gasteiger partial charge in [-0.05, 0) is 23.8 Å². The van der Waals surface area contributed by atoms with Crippen molar-refractivity contribution >= 4 is 39.3 Å². The molecule has 2 aromatic carbocycles. The van der Waals surface area contributed by atoms with Crippen LogP contribution in [0.15, 0.2) is 47.5 Å². The Morgan fingerprint density at radius 3 is 2.95 bits per heavy atom. The van der Waals surface area contributed by atoms with Crippen molar-refractivity contribution in [3.05, 3.63) is 63.7 Å². The van der Waals surface area contributed by atoms with Crippen LogP contribution < -0.4 is 0 Å². The predicted octanol–water partition coefficient (Wildman–Crippen LogP) is 4.47. The molecule has 0 saturated heterocycles. The molecule has 112 valence electrons. The first-order valence-electron chi connectivity index (χ1n) is 6.52. The van der Waals surface area contributed by atoms with Crippen molar-refractivity contribution in [3.63, 3.8) is 0 Å². The number of phenols is 1. The van der Waals surface area contributed by atoms with Crippen LogP contribution in [0.25, 0.3) is 0 Å². The van der Waals surface area contributed by atoms with Gasteiger partial charge in [0.15, 0.2) is 0 Å². The summed E-state index contributed by atoms with van der Waals surface area (Å²) in [5, 5.41) is 20.5. The summed E-state index contributed by atoms with van der Waals surface area (Å²) >= 11 is 3.08. The first-order chi connectivity index (χ1) is 10.6. The van der Waals surface area contributed by atoms with Crippen molar-refractivity contribution < 1.29 is 10.0 Å². The Hall–Kier alpha value is -1.99. The number of aromatic hydroxyl groups is 1. The number of benzene rings is 2. The maximum absolute atomic E-state index is 11.0. The molecule has 1 N–H and O–H groups in total. The molecular weight excluding hydrogens is 320 g/mol. The summed E-state index contributed by atoms with van der Waals surface area (Å²) in [5.74, 6) is 1.29. The van der Waals surface area contributed by atoms with E-state index in [9.17, 15) is 15.2 Å². The van der Waals surface area contributed by atoms with Crippen molar-refractivity contribution in [2.75, 3.05) is 0 Å². The van der Waals surface area contributed by atoms with E-state index in [1.165, 1.54) is 35.5 Å². The van der Waals surface area contributed by atoms with Crippen LogP contribution in [-0.2, 0) is 11.5 Å². The lowest BCUT2D eigenvalue weighted by Gasteiger charge is -2.14. The second kappa shape index (κ2) is 6.41. The highest BCUT2D eigenvalue weighted by atomic mass is 32.2. The van der Waals surface area contributed by atoms with E-state index in [0.29, 0.717) is 11.3 Å². The topological polar surface area (TPSA) is 75.7 Å². The lowest BCUT2D eigenvalue weighted by Crippen LogP contribution is -1.98. The molecule has 0 bridgehead atoms. The fourth-order valence-electron chi connectivity index (χ4n) is 2.09. The monoisotopic (exact) mass is 332 g/mol. The van der Waals surface area contributed by atoms with Gasteiger partial charge in [-0.3, -0.25) is 10.1 Å². The third-order valence-electron chi connectivity index (χ3n) is 3.17. The van der Waals surface area contributed by atoms with E-state index in [2.05, 4.69) is 4.99 Å². The third-order valence-corrected chi connectivity index (χ3v) is 5.46. The first kappa shape index (κ1) is 14.9. The van der Waals surface area contributed by atoms with Crippen LogP contribution in [0.2, 0.25) is 0 Å². The van der Waals surface area contributed by atoms with Crippen molar-refractivity contribution in [1.29, 1.82) is 0 Å².